The lowest BCUT2D eigenvalue weighted by molar-refractivity contribution is -0.119. The number of primary amides is 1. The average Bonchev–Trinajstić information content (AvgIpc) is 3.43. The van der Waals surface area contributed by atoms with Gasteiger partial charge in [0.05, 0.1) is 19.7 Å². The highest BCUT2D eigenvalue weighted by Crippen LogP contribution is 2.37. The Kier molecular flexibility index (Phi) is 6.34. The Morgan fingerprint density at radius 2 is 2.00 bits per heavy atom. The Morgan fingerprint density at radius 3 is 2.57 bits per heavy atom. The lowest BCUT2D eigenvalue weighted by Crippen LogP contribution is -2.56. The van der Waals surface area contributed by atoms with E-state index in [1.807, 2.05) is 0 Å². The van der Waals surface area contributed by atoms with E-state index in [9.17, 15) is 13.6 Å². The zero-order valence-electron chi connectivity index (χ0n) is 16.0. The number of ether oxygens (including phenoxy) is 1. The summed E-state index contributed by atoms with van der Waals surface area (Å²) in [6, 6.07) is 3.53. The molecule has 1 aromatic rings. The molecule has 1 amide bonds. The monoisotopic (exact) mass is 397 g/mol. The van der Waals surface area contributed by atoms with Crippen LogP contribution in [-0.4, -0.2) is 55.1 Å². The van der Waals surface area contributed by atoms with Gasteiger partial charge in [0.15, 0.2) is 0 Å². The normalized spacial score (nSPS) is 22.5. The molecular weight excluding hydrogens is 368 g/mol. The molecule has 1 aliphatic carbocycles. The Morgan fingerprint density at radius 1 is 1.32 bits per heavy atom. The highest BCUT2D eigenvalue weighted by atomic mass is 19.3. The zero-order valence-corrected chi connectivity index (χ0v) is 16.0. The largest absolute Gasteiger partial charge is 0.476 e. The number of alkyl halides is 2. The number of hydrogen-bond acceptors (Lipinski definition) is 6. The van der Waals surface area contributed by atoms with E-state index in [1.165, 1.54) is 12.8 Å². The number of aromatic nitrogens is 1. The first-order valence-electron chi connectivity index (χ1n) is 9.75. The second kappa shape index (κ2) is 8.57. The highest BCUT2D eigenvalue weighted by molar-refractivity contribution is 5.75. The van der Waals surface area contributed by atoms with Crippen molar-refractivity contribution < 1.29 is 18.3 Å². The minimum absolute atomic E-state index is 0.238. The van der Waals surface area contributed by atoms with Gasteiger partial charge in [-0.1, -0.05) is 0 Å². The molecule has 0 spiro atoms. The molecule has 28 heavy (non-hydrogen) atoms. The Hall–Kier alpha value is -2.00. The third kappa shape index (κ3) is 6.00. The van der Waals surface area contributed by atoms with Crippen molar-refractivity contribution in [2.45, 2.75) is 43.6 Å². The zero-order chi connectivity index (χ0) is 20.2. The van der Waals surface area contributed by atoms with Crippen LogP contribution in [0.2, 0.25) is 0 Å². The summed E-state index contributed by atoms with van der Waals surface area (Å²) in [4.78, 5) is 16.3. The minimum Gasteiger partial charge on any atom is -0.476 e. The molecule has 0 bridgehead atoms. The summed E-state index contributed by atoms with van der Waals surface area (Å²) in [5.74, 6) is -1.75. The van der Waals surface area contributed by atoms with Crippen LogP contribution in [0.25, 0.3) is 0 Å². The number of carbonyl (C=O) groups excluding carboxylic acids is 1. The second-order valence-electron chi connectivity index (χ2n) is 8.05. The van der Waals surface area contributed by atoms with Crippen molar-refractivity contribution in [3.05, 3.63) is 18.3 Å². The number of anilines is 1. The van der Waals surface area contributed by atoms with Crippen LogP contribution in [0, 0.1) is 5.92 Å². The standard InChI is InChI=1S/C12H14F2N2O.C7H15N3O/c13-12(14)7-16(8-12)10-2-1-5-15-11(10)17-6-9-3-4-9;8-6(11)5-7(9)1-3-10-4-2-7/h1-2,5,9H,3-4,6-8H2;10H,1-5,9H2,(H2,8,11). The van der Waals surface area contributed by atoms with E-state index in [2.05, 4.69) is 10.3 Å². The summed E-state index contributed by atoms with van der Waals surface area (Å²) in [6.45, 7) is 1.96. The maximum atomic E-state index is 12.8. The number of piperidine rings is 1. The van der Waals surface area contributed by atoms with Crippen LogP contribution in [0.1, 0.15) is 32.1 Å². The van der Waals surface area contributed by atoms with E-state index in [0.717, 1.165) is 25.9 Å². The van der Waals surface area contributed by atoms with Crippen LogP contribution < -0.4 is 26.4 Å². The molecule has 0 radical (unpaired) electrons. The van der Waals surface area contributed by atoms with Crippen LogP contribution in [0.3, 0.4) is 0 Å². The third-order valence-electron chi connectivity index (χ3n) is 5.21. The molecule has 2 saturated heterocycles. The van der Waals surface area contributed by atoms with E-state index in [0.29, 0.717) is 30.5 Å². The van der Waals surface area contributed by atoms with Gasteiger partial charge in [-0.3, -0.25) is 4.79 Å². The number of nitrogens with zero attached hydrogens (tertiary/aromatic N) is 2. The van der Waals surface area contributed by atoms with Gasteiger partial charge in [-0.05, 0) is 56.8 Å². The van der Waals surface area contributed by atoms with Crippen molar-refractivity contribution in [1.29, 1.82) is 0 Å². The fourth-order valence-electron chi connectivity index (χ4n) is 3.35. The van der Waals surface area contributed by atoms with E-state index in [-0.39, 0.29) is 24.5 Å². The van der Waals surface area contributed by atoms with Crippen LogP contribution in [0.4, 0.5) is 14.5 Å². The first kappa shape index (κ1) is 20.7. The van der Waals surface area contributed by atoms with Crippen molar-refractivity contribution in [1.82, 2.24) is 10.3 Å². The molecule has 3 aliphatic rings. The van der Waals surface area contributed by atoms with Crippen molar-refractivity contribution in [3.8, 4) is 5.88 Å². The van der Waals surface area contributed by atoms with E-state index in [4.69, 9.17) is 16.2 Å². The lowest BCUT2D eigenvalue weighted by Gasteiger charge is -2.40. The van der Waals surface area contributed by atoms with Gasteiger partial charge in [0, 0.05) is 18.2 Å². The molecule has 0 unspecified atom stereocenters. The predicted molar refractivity (Wildman–Crippen MR) is 102 cm³/mol. The van der Waals surface area contributed by atoms with Gasteiger partial charge in [-0.2, -0.15) is 0 Å². The van der Waals surface area contributed by atoms with E-state index >= 15 is 0 Å². The van der Waals surface area contributed by atoms with Crippen LogP contribution in [-0.2, 0) is 4.79 Å². The number of pyridine rings is 1. The van der Waals surface area contributed by atoms with Gasteiger partial charge < -0.3 is 26.4 Å². The fraction of sp³-hybridized carbons (Fsp3) is 0.684. The second-order valence-corrected chi connectivity index (χ2v) is 8.05. The molecule has 7 nitrogen and oxygen atoms in total. The Bertz CT molecular complexity index is 670. The molecule has 3 fully saturated rings. The van der Waals surface area contributed by atoms with Gasteiger partial charge in [0.2, 0.25) is 11.8 Å². The molecule has 5 N–H and O–H groups in total. The summed E-state index contributed by atoms with van der Waals surface area (Å²) in [5, 5.41) is 3.18. The molecule has 3 heterocycles. The predicted octanol–water partition coefficient (Wildman–Crippen LogP) is 1.27. The van der Waals surface area contributed by atoms with Gasteiger partial charge >= 0.3 is 0 Å². The van der Waals surface area contributed by atoms with E-state index < -0.39 is 5.92 Å². The molecule has 1 saturated carbocycles. The first-order chi connectivity index (χ1) is 13.3. The number of halogens is 2. The molecule has 0 aromatic carbocycles. The number of nitrogens with two attached hydrogens (primary N) is 2. The number of carbonyl (C=O) groups is 1. The van der Waals surface area contributed by atoms with Gasteiger partial charge in [-0.15, -0.1) is 0 Å². The highest BCUT2D eigenvalue weighted by Gasteiger charge is 2.45. The quantitative estimate of drug-likeness (QED) is 0.667. The Balaban J connectivity index is 0.000000178. The number of amides is 1. The van der Waals surface area contributed by atoms with Crippen molar-refractivity contribution in [2.24, 2.45) is 17.4 Å². The molecule has 2 aliphatic heterocycles. The maximum absolute atomic E-state index is 12.8. The van der Waals surface area contributed by atoms with Crippen molar-refractivity contribution in [2.75, 3.05) is 37.7 Å². The number of rotatable bonds is 6. The fourth-order valence-corrected chi connectivity index (χ4v) is 3.35. The summed E-state index contributed by atoms with van der Waals surface area (Å²) in [7, 11) is 0. The lowest BCUT2D eigenvalue weighted by atomic mass is 9.86. The van der Waals surface area contributed by atoms with E-state index in [1.54, 1.807) is 23.2 Å². The van der Waals surface area contributed by atoms with Crippen LogP contribution in [0.5, 0.6) is 5.88 Å². The summed E-state index contributed by atoms with van der Waals surface area (Å²) >= 11 is 0. The Labute approximate surface area is 163 Å². The molecule has 4 rings (SSSR count). The number of hydrogen-bond donors (Lipinski definition) is 3. The molecule has 156 valence electrons. The van der Waals surface area contributed by atoms with Crippen LogP contribution >= 0.6 is 0 Å². The maximum Gasteiger partial charge on any atom is 0.282 e. The SMILES string of the molecule is FC1(F)CN(c2cccnc2OCC2CC2)C1.NC(=O)CC1(N)CCNCC1. The summed E-state index contributed by atoms with van der Waals surface area (Å²) in [6.07, 6.45) is 6.03. The third-order valence-corrected chi connectivity index (χ3v) is 5.21. The molecule has 9 heteroatoms. The first-order valence-corrected chi connectivity index (χ1v) is 9.75. The van der Waals surface area contributed by atoms with Crippen molar-refractivity contribution in [3.63, 3.8) is 0 Å². The van der Waals surface area contributed by atoms with Gasteiger partial charge in [-0.25, -0.2) is 13.8 Å². The molecule has 0 atom stereocenters. The average molecular weight is 397 g/mol. The summed E-state index contributed by atoms with van der Waals surface area (Å²) < 4.78 is 31.2. The molecular formula is C19H29F2N5O2. The topological polar surface area (TPSA) is 106 Å². The smallest absolute Gasteiger partial charge is 0.282 e. The van der Waals surface area contributed by atoms with Gasteiger partial charge in [0.1, 0.15) is 5.69 Å². The van der Waals surface area contributed by atoms with Crippen molar-refractivity contribution >= 4 is 11.6 Å². The van der Waals surface area contributed by atoms with Gasteiger partial charge in [0.25, 0.3) is 5.92 Å². The minimum atomic E-state index is -2.57. The summed E-state index contributed by atoms with van der Waals surface area (Å²) in [5.41, 5.74) is 11.3. The molecule has 1 aromatic heterocycles. The van der Waals surface area contributed by atoms with Crippen LogP contribution in [0.15, 0.2) is 18.3 Å². The number of nitrogens with one attached hydrogen (secondary N) is 1.